The number of hydrogen-bond donors (Lipinski definition) is 1. The second-order valence-corrected chi connectivity index (χ2v) is 5.34. The molecule has 0 aliphatic rings. The number of nitrogens with zero attached hydrogens (tertiary/aromatic N) is 2. The first-order chi connectivity index (χ1) is 11.0. The van der Waals surface area contributed by atoms with Gasteiger partial charge in [-0.15, -0.1) is 0 Å². The molecule has 0 aliphatic heterocycles. The maximum Gasteiger partial charge on any atom is 0.277 e. The maximum absolute atomic E-state index is 11.7. The summed E-state index contributed by atoms with van der Waals surface area (Å²) in [5.41, 5.74) is 4.27. The molecule has 0 bridgehead atoms. The Morgan fingerprint density at radius 1 is 1.35 bits per heavy atom. The van der Waals surface area contributed by atoms with Crippen molar-refractivity contribution in [3.05, 3.63) is 47.4 Å². The van der Waals surface area contributed by atoms with Crippen molar-refractivity contribution in [2.75, 3.05) is 25.6 Å². The van der Waals surface area contributed by atoms with Crippen molar-refractivity contribution in [3.8, 4) is 5.75 Å². The van der Waals surface area contributed by atoms with Crippen molar-refractivity contribution in [1.29, 1.82) is 0 Å². The maximum atomic E-state index is 11.7. The second-order valence-electron chi connectivity index (χ2n) is 5.34. The Hall–Kier alpha value is -2.76. The van der Waals surface area contributed by atoms with Gasteiger partial charge in [0.2, 0.25) is 0 Å². The van der Waals surface area contributed by atoms with Gasteiger partial charge in [-0.2, -0.15) is 5.10 Å². The molecule has 1 N–H and O–H groups in total. The van der Waals surface area contributed by atoms with Crippen molar-refractivity contribution >= 4 is 17.8 Å². The quantitative estimate of drug-likeness (QED) is 0.657. The highest BCUT2D eigenvalue weighted by Gasteiger charge is 2.04. The summed E-state index contributed by atoms with van der Waals surface area (Å²) in [6.07, 6.45) is 1.55. The SMILES string of the molecule is Cc1cc(/C=N\NC(=O)COc2cccc(N(C)C)c2)c(C)o1. The lowest BCUT2D eigenvalue weighted by Gasteiger charge is -2.13. The van der Waals surface area contributed by atoms with Crippen LogP contribution in [0.1, 0.15) is 17.1 Å². The molecule has 122 valence electrons. The highest BCUT2D eigenvalue weighted by molar-refractivity contribution is 5.83. The summed E-state index contributed by atoms with van der Waals surface area (Å²) >= 11 is 0. The fourth-order valence-electron chi connectivity index (χ4n) is 1.99. The van der Waals surface area contributed by atoms with Crippen LogP contribution in [0.3, 0.4) is 0 Å². The molecule has 1 heterocycles. The molecule has 2 aromatic rings. The van der Waals surface area contributed by atoms with Crippen LogP contribution in [0.25, 0.3) is 0 Å². The molecular weight excluding hydrogens is 294 g/mol. The monoisotopic (exact) mass is 315 g/mol. The molecule has 1 aromatic heterocycles. The molecule has 0 spiro atoms. The Balaban J connectivity index is 1.83. The van der Waals surface area contributed by atoms with Crippen molar-refractivity contribution in [2.24, 2.45) is 5.10 Å². The number of benzene rings is 1. The third kappa shape index (κ3) is 4.88. The summed E-state index contributed by atoms with van der Waals surface area (Å²) in [4.78, 5) is 13.7. The number of hydrogen-bond acceptors (Lipinski definition) is 5. The van der Waals surface area contributed by atoms with E-state index in [0.717, 1.165) is 22.8 Å². The lowest BCUT2D eigenvalue weighted by molar-refractivity contribution is -0.123. The van der Waals surface area contributed by atoms with Crippen molar-refractivity contribution < 1.29 is 13.9 Å². The Bertz CT molecular complexity index is 705. The molecule has 1 amide bonds. The Kier molecular flexibility index (Phi) is 5.41. The van der Waals surface area contributed by atoms with Gasteiger partial charge in [-0.25, -0.2) is 5.43 Å². The van der Waals surface area contributed by atoms with Crippen LogP contribution in [0.4, 0.5) is 5.69 Å². The highest BCUT2D eigenvalue weighted by Crippen LogP contribution is 2.19. The molecule has 0 unspecified atom stereocenters. The van der Waals surface area contributed by atoms with Crippen molar-refractivity contribution in [1.82, 2.24) is 5.43 Å². The minimum atomic E-state index is -0.325. The third-order valence-corrected chi connectivity index (χ3v) is 3.18. The van der Waals surface area contributed by atoms with E-state index >= 15 is 0 Å². The number of ether oxygens (including phenoxy) is 1. The van der Waals surface area contributed by atoms with Crippen LogP contribution >= 0.6 is 0 Å². The summed E-state index contributed by atoms with van der Waals surface area (Å²) in [5, 5.41) is 3.90. The van der Waals surface area contributed by atoms with E-state index in [1.807, 2.05) is 57.1 Å². The number of carbonyl (C=O) groups is 1. The average Bonchev–Trinajstić information content (AvgIpc) is 2.83. The van der Waals surface area contributed by atoms with Crippen LogP contribution < -0.4 is 15.1 Å². The van der Waals surface area contributed by atoms with E-state index in [2.05, 4.69) is 10.5 Å². The van der Waals surface area contributed by atoms with Crippen LogP contribution in [0.2, 0.25) is 0 Å². The summed E-state index contributed by atoms with van der Waals surface area (Å²) in [5.74, 6) is 1.88. The first-order valence-corrected chi connectivity index (χ1v) is 7.25. The first-order valence-electron chi connectivity index (χ1n) is 7.25. The summed E-state index contributed by atoms with van der Waals surface area (Å²) < 4.78 is 10.8. The molecule has 0 radical (unpaired) electrons. The smallest absolute Gasteiger partial charge is 0.277 e. The fraction of sp³-hybridized carbons (Fsp3) is 0.294. The van der Waals surface area contributed by atoms with Gasteiger partial charge in [-0.05, 0) is 32.0 Å². The van der Waals surface area contributed by atoms with E-state index in [1.165, 1.54) is 0 Å². The van der Waals surface area contributed by atoms with E-state index in [4.69, 9.17) is 9.15 Å². The minimum Gasteiger partial charge on any atom is -0.484 e. The zero-order chi connectivity index (χ0) is 16.8. The van der Waals surface area contributed by atoms with Gasteiger partial charge < -0.3 is 14.1 Å². The van der Waals surface area contributed by atoms with Gasteiger partial charge in [0.15, 0.2) is 6.61 Å². The molecule has 2 rings (SSSR count). The fourth-order valence-corrected chi connectivity index (χ4v) is 1.99. The molecule has 6 nitrogen and oxygen atoms in total. The number of furan rings is 1. The van der Waals surface area contributed by atoms with Gasteiger partial charge in [0, 0.05) is 31.4 Å². The van der Waals surface area contributed by atoms with E-state index < -0.39 is 0 Å². The largest absolute Gasteiger partial charge is 0.484 e. The summed E-state index contributed by atoms with van der Waals surface area (Å²) in [7, 11) is 3.89. The second kappa shape index (κ2) is 7.49. The molecule has 23 heavy (non-hydrogen) atoms. The zero-order valence-corrected chi connectivity index (χ0v) is 13.8. The molecule has 6 heteroatoms. The molecule has 1 aromatic carbocycles. The number of amides is 1. The summed E-state index contributed by atoms with van der Waals surface area (Å²) in [6.45, 7) is 3.60. The minimum absolute atomic E-state index is 0.0996. The third-order valence-electron chi connectivity index (χ3n) is 3.18. The molecular formula is C17H21N3O3. The van der Waals surface area contributed by atoms with Crippen LogP contribution in [-0.4, -0.2) is 32.8 Å². The Morgan fingerprint density at radius 2 is 2.13 bits per heavy atom. The van der Waals surface area contributed by atoms with Gasteiger partial charge in [0.1, 0.15) is 17.3 Å². The molecule has 0 saturated heterocycles. The predicted octanol–water partition coefficient (Wildman–Crippen LogP) is 2.49. The molecule has 0 aliphatic carbocycles. The van der Waals surface area contributed by atoms with Gasteiger partial charge in [0.05, 0.1) is 6.21 Å². The lowest BCUT2D eigenvalue weighted by atomic mass is 10.3. The Morgan fingerprint density at radius 3 is 2.78 bits per heavy atom. The highest BCUT2D eigenvalue weighted by atomic mass is 16.5. The normalized spacial score (nSPS) is 10.8. The average molecular weight is 315 g/mol. The number of hydrazone groups is 1. The number of aryl methyl sites for hydroxylation is 2. The summed E-state index contributed by atoms with van der Waals surface area (Å²) in [6, 6.07) is 9.38. The van der Waals surface area contributed by atoms with Crippen molar-refractivity contribution in [3.63, 3.8) is 0 Å². The van der Waals surface area contributed by atoms with Crippen LogP contribution in [0, 0.1) is 13.8 Å². The topological polar surface area (TPSA) is 67.1 Å². The van der Waals surface area contributed by atoms with Crippen LogP contribution in [0.15, 0.2) is 39.9 Å². The molecule has 0 fully saturated rings. The zero-order valence-electron chi connectivity index (χ0n) is 13.8. The van der Waals surface area contributed by atoms with E-state index in [0.29, 0.717) is 5.75 Å². The van der Waals surface area contributed by atoms with Gasteiger partial charge >= 0.3 is 0 Å². The number of rotatable bonds is 6. The van der Waals surface area contributed by atoms with Crippen LogP contribution in [0.5, 0.6) is 5.75 Å². The Labute approximate surface area is 135 Å². The van der Waals surface area contributed by atoms with E-state index in [-0.39, 0.29) is 12.5 Å². The van der Waals surface area contributed by atoms with Crippen molar-refractivity contribution in [2.45, 2.75) is 13.8 Å². The molecule has 0 saturated carbocycles. The standard InChI is InChI=1S/C17H21N3O3/c1-12-8-14(13(2)23-12)10-18-19-17(21)11-22-16-7-5-6-15(9-16)20(3)4/h5-10H,11H2,1-4H3,(H,19,21)/b18-10-. The van der Waals surface area contributed by atoms with Gasteiger partial charge in [-0.1, -0.05) is 6.07 Å². The van der Waals surface area contributed by atoms with Crippen LogP contribution in [-0.2, 0) is 4.79 Å². The number of nitrogens with one attached hydrogen (secondary N) is 1. The number of anilines is 1. The van der Waals surface area contributed by atoms with Gasteiger partial charge in [0.25, 0.3) is 5.91 Å². The van der Waals surface area contributed by atoms with Gasteiger partial charge in [-0.3, -0.25) is 4.79 Å². The first kappa shape index (κ1) is 16.6. The van der Waals surface area contributed by atoms with E-state index in [1.54, 1.807) is 12.3 Å². The van der Waals surface area contributed by atoms with E-state index in [9.17, 15) is 4.79 Å². The predicted molar refractivity (Wildman–Crippen MR) is 90.2 cm³/mol. The molecule has 0 atom stereocenters. The lowest BCUT2D eigenvalue weighted by Crippen LogP contribution is -2.24. The number of carbonyl (C=O) groups excluding carboxylic acids is 1.